The molecule has 0 fully saturated rings. The lowest BCUT2D eigenvalue weighted by Gasteiger charge is -2.27. The van der Waals surface area contributed by atoms with Gasteiger partial charge in [0, 0.05) is 43.4 Å². The van der Waals surface area contributed by atoms with Crippen LogP contribution in [0.5, 0.6) is 0 Å². The van der Waals surface area contributed by atoms with E-state index < -0.39 is 0 Å². The van der Waals surface area contributed by atoms with Crippen molar-refractivity contribution in [2.24, 2.45) is 0 Å². The number of rotatable bonds is 3. The van der Waals surface area contributed by atoms with Crippen molar-refractivity contribution in [1.29, 1.82) is 0 Å². The fourth-order valence-corrected chi connectivity index (χ4v) is 3.07. The lowest BCUT2D eigenvalue weighted by atomic mass is 10.1. The quantitative estimate of drug-likeness (QED) is 0.510. The van der Waals surface area contributed by atoms with Crippen LogP contribution < -0.4 is 5.56 Å². The summed E-state index contributed by atoms with van der Waals surface area (Å²) in [6, 6.07) is 5.25. The van der Waals surface area contributed by atoms with Gasteiger partial charge in [0.15, 0.2) is 4.77 Å². The van der Waals surface area contributed by atoms with E-state index in [0.717, 1.165) is 17.8 Å². The molecule has 0 unspecified atom stereocenters. The molecule has 2 aromatic rings. The van der Waals surface area contributed by atoms with Crippen LogP contribution in [0.1, 0.15) is 22.4 Å². The fraction of sp³-hybridized carbons (Fsp3) is 0.333. The molecule has 0 aliphatic carbocycles. The van der Waals surface area contributed by atoms with Gasteiger partial charge in [0.2, 0.25) is 0 Å². The van der Waals surface area contributed by atoms with Gasteiger partial charge in [-0.1, -0.05) is 12.1 Å². The summed E-state index contributed by atoms with van der Waals surface area (Å²) in [5, 5.41) is 11.0. The summed E-state index contributed by atoms with van der Waals surface area (Å²) < 4.78 is 0.344. The zero-order chi connectivity index (χ0) is 16.6. The van der Waals surface area contributed by atoms with Gasteiger partial charge in [-0.3, -0.25) is 24.8 Å². The first-order valence-electron chi connectivity index (χ1n) is 7.24. The lowest BCUT2D eigenvalue weighted by molar-refractivity contribution is -0.385. The molecule has 0 radical (unpaired) electrons. The predicted molar refractivity (Wildman–Crippen MR) is 87.9 cm³/mol. The van der Waals surface area contributed by atoms with Crippen LogP contribution in [0.4, 0.5) is 5.69 Å². The molecule has 0 bridgehead atoms. The summed E-state index contributed by atoms with van der Waals surface area (Å²) in [5.74, 6) is 0. The van der Waals surface area contributed by atoms with E-state index >= 15 is 0 Å². The normalized spacial score (nSPS) is 14.5. The van der Waals surface area contributed by atoms with Gasteiger partial charge in [-0.2, -0.15) is 0 Å². The molecule has 2 heterocycles. The molecule has 0 spiro atoms. The minimum Gasteiger partial charge on any atom is -0.335 e. The Kier molecular flexibility index (Phi) is 4.10. The number of nitro groups is 1. The fourth-order valence-electron chi connectivity index (χ4n) is 2.86. The van der Waals surface area contributed by atoms with Gasteiger partial charge in [-0.25, -0.2) is 0 Å². The summed E-state index contributed by atoms with van der Waals surface area (Å²) in [6.45, 7) is 3.55. The van der Waals surface area contributed by atoms with Gasteiger partial charge in [0.05, 0.1) is 10.5 Å². The topological polar surface area (TPSA) is 95.0 Å². The van der Waals surface area contributed by atoms with Crippen molar-refractivity contribution >= 4 is 17.9 Å². The molecule has 120 valence electrons. The Hall–Kier alpha value is -2.32. The first-order valence-corrected chi connectivity index (χ1v) is 7.65. The van der Waals surface area contributed by atoms with Crippen molar-refractivity contribution in [3.8, 4) is 0 Å². The van der Waals surface area contributed by atoms with Gasteiger partial charge >= 0.3 is 0 Å². The molecule has 2 N–H and O–H groups in total. The first-order chi connectivity index (χ1) is 10.9. The molecular weight excluding hydrogens is 316 g/mol. The molecule has 1 aromatic heterocycles. The van der Waals surface area contributed by atoms with Crippen molar-refractivity contribution in [1.82, 2.24) is 14.9 Å². The van der Waals surface area contributed by atoms with Crippen LogP contribution in [0.15, 0.2) is 23.0 Å². The number of hydrogen-bond donors (Lipinski definition) is 2. The highest BCUT2D eigenvalue weighted by Gasteiger charge is 2.20. The Bertz CT molecular complexity index is 887. The number of aromatic amines is 2. The molecule has 7 nitrogen and oxygen atoms in total. The Morgan fingerprint density at radius 1 is 1.39 bits per heavy atom. The maximum Gasteiger partial charge on any atom is 0.272 e. The second kappa shape index (κ2) is 6.05. The van der Waals surface area contributed by atoms with Crippen molar-refractivity contribution in [2.45, 2.75) is 26.4 Å². The number of nitrogens with zero attached hydrogens (tertiary/aromatic N) is 2. The van der Waals surface area contributed by atoms with E-state index in [4.69, 9.17) is 12.2 Å². The molecule has 1 aliphatic heterocycles. The standard InChI is InChI=1S/C15H16N4O3S/c1-9-2-3-10(6-13(9)19(21)22)7-18-5-4-12-11(8-18)14(20)17-15(23)16-12/h2-3,6H,4-5,7-8H2,1H3,(H2,16,17,20,23). The Morgan fingerprint density at radius 2 is 2.17 bits per heavy atom. The number of benzene rings is 1. The molecule has 0 saturated heterocycles. The van der Waals surface area contributed by atoms with E-state index in [9.17, 15) is 14.9 Å². The molecule has 23 heavy (non-hydrogen) atoms. The summed E-state index contributed by atoms with van der Waals surface area (Å²) >= 11 is 4.98. The summed E-state index contributed by atoms with van der Waals surface area (Å²) in [6.07, 6.45) is 0.705. The Labute approximate surface area is 137 Å². The van der Waals surface area contributed by atoms with Crippen molar-refractivity contribution in [3.63, 3.8) is 0 Å². The van der Waals surface area contributed by atoms with Crippen LogP contribution in [-0.4, -0.2) is 26.3 Å². The second-order valence-corrected chi connectivity index (χ2v) is 6.11. The third-order valence-corrected chi connectivity index (χ3v) is 4.27. The van der Waals surface area contributed by atoms with Crippen LogP contribution in [0.25, 0.3) is 0 Å². The second-order valence-electron chi connectivity index (χ2n) is 5.70. The van der Waals surface area contributed by atoms with Gasteiger partial charge in [0.1, 0.15) is 0 Å². The number of aromatic nitrogens is 2. The highest BCUT2D eigenvalue weighted by molar-refractivity contribution is 7.71. The lowest BCUT2D eigenvalue weighted by Crippen LogP contribution is -2.35. The van der Waals surface area contributed by atoms with E-state index in [0.29, 0.717) is 35.4 Å². The number of aryl methyl sites for hydroxylation is 1. The van der Waals surface area contributed by atoms with Crippen LogP contribution in [-0.2, 0) is 19.5 Å². The van der Waals surface area contributed by atoms with Gasteiger partial charge in [0.25, 0.3) is 11.2 Å². The maximum atomic E-state index is 12.0. The average Bonchev–Trinajstić information content (AvgIpc) is 2.49. The van der Waals surface area contributed by atoms with Crippen molar-refractivity contribution in [2.75, 3.05) is 6.54 Å². The summed E-state index contributed by atoms with van der Waals surface area (Å²) in [7, 11) is 0. The Morgan fingerprint density at radius 3 is 2.91 bits per heavy atom. The van der Waals surface area contributed by atoms with Gasteiger partial charge in [-0.05, 0) is 24.7 Å². The molecule has 0 saturated carbocycles. The van der Waals surface area contributed by atoms with Crippen LogP contribution in [0, 0.1) is 21.8 Å². The minimum atomic E-state index is -0.366. The minimum absolute atomic E-state index is 0.127. The SMILES string of the molecule is Cc1ccc(CN2CCc3[nH]c(=S)[nH]c(=O)c3C2)cc1[N+](=O)[O-]. The number of fused-ring (bicyclic) bond motifs is 1. The van der Waals surface area contributed by atoms with E-state index in [-0.39, 0.29) is 16.2 Å². The monoisotopic (exact) mass is 332 g/mol. The van der Waals surface area contributed by atoms with E-state index in [1.165, 1.54) is 0 Å². The first kappa shape index (κ1) is 15.6. The van der Waals surface area contributed by atoms with Crippen molar-refractivity contribution < 1.29 is 4.92 Å². The summed E-state index contributed by atoms with van der Waals surface area (Å²) in [5.41, 5.74) is 3.04. The smallest absolute Gasteiger partial charge is 0.272 e. The highest BCUT2D eigenvalue weighted by Crippen LogP contribution is 2.22. The molecule has 1 aliphatic rings. The van der Waals surface area contributed by atoms with Crippen LogP contribution in [0.3, 0.4) is 0 Å². The van der Waals surface area contributed by atoms with Crippen molar-refractivity contribution in [3.05, 3.63) is 65.8 Å². The zero-order valence-electron chi connectivity index (χ0n) is 12.6. The van der Waals surface area contributed by atoms with Gasteiger partial charge < -0.3 is 4.98 Å². The molecular formula is C15H16N4O3S. The largest absolute Gasteiger partial charge is 0.335 e. The van der Waals surface area contributed by atoms with Gasteiger partial charge in [-0.15, -0.1) is 0 Å². The number of nitro benzene ring substituents is 1. The summed E-state index contributed by atoms with van der Waals surface area (Å²) in [4.78, 5) is 30.4. The molecule has 0 atom stereocenters. The van der Waals surface area contributed by atoms with E-state index in [1.54, 1.807) is 19.1 Å². The molecule has 1 aromatic carbocycles. The Balaban J connectivity index is 1.83. The highest BCUT2D eigenvalue weighted by atomic mass is 32.1. The molecule has 3 rings (SSSR count). The van der Waals surface area contributed by atoms with Crippen LogP contribution in [0.2, 0.25) is 0 Å². The molecule has 0 amide bonds. The molecule has 8 heteroatoms. The number of nitrogens with one attached hydrogen (secondary N) is 2. The third kappa shape index (κ3) is 3.22. The number of hydrogen-bond acceptors (Lipinski definition) is 5. The maximum absolute atomic E-state index is 12.0. The third-order valence-electron chi connectivity index (χ3n) is 4.07. The average molecular weight is 332 g/mol. The predicted octanol–water partition coefficient (Wildman–Crippen LogP) is 2.21. The number of H-pyrrole nitrogens is 2. The van der Waals surface area contributed by atoms with Crippen LogP contribution >= 0.6 is 12.2 Å². The van der Waals surface area contributed by atoms with E-state index in [2.05, 4.69) is 14.9 Å². The van der Waals surface area contributed by atoms with E-state index in [1.807, 2.05) is 6.07 Å². The zero-order valence-corrected chi connectivity index (χ0v) is 13.4.